The lowest BCUT2D eigenvalue weighted by Gasteiger charge is -2.03. The first-order chi connectivity index (χ1) is 11.9. The fourth-order valence-corrected chi connectivity index (χ4v) is 3.80. The summed E-state index contributed by atoms with van der Waals surface area (Å²) in [6, 6.07) is 4.34. The van der Waals surface area contributed by atoms with Crippen LogP contribution < -0.4 is 5.56 Å². The van der Waals surface area contributed by atoms with Crippen molar-refractivity contribution in [2.24, 2.45) is 0 Å². The molecule has 1 N–H and O–H groups in total. The summed E-state index contributed by atoms with van der Waals surface area (Å²) in [6.07, 6.45) is 0.289. The summed E-state index contributed by atoms with van der Waals surface area (Å²) in [6.45, 7) is 3.67. The maximum absolute atomic E-state index is 13.2. The number of carbonyl (C=O) groups is 1. The number of thiophene rings is 1. The molecule has 0 spiro atoms. The predicted octanol–water partition coefficient (Wildman–Crippen LogP) is 3.85. The van der Waals surface area contributed by atoms with Gasteiger partial charge in [0.05, 0.1) is 17.0 Å². The number of aryl methyl sites for hydroxylation is 1. The number of nitrogens with zero attached hydrogens (tertiary/aromatic N) is 1. The largest absolute Gasteiger partial charge is 0.462 e. The number of fused-ring (bicyclic) bond motifs is 1. The van der Waals surface area contributed by atoms with Gasteiger partial charge in [0.25, 0.3) is 5.56 Å². The van der Waals surface area contributed by atoms with E-state index in [4.69, 9.17) is 16.3 Å². The van der Waals surface area contributed by atoms with Gasteiger partial charge in [-0.25, -0.2) is 14.2 Å². The third-order valence-electron chi connectivity index (χ3n) is 3.67. The first-order valence-corrected chi connectivity index (χ1v) is 8.73. The fraction of sp³-hybridized carbons (Fsp3) is 0.235. The molecule has 0 radical (unpaired) electrons. The minimum absolute atomic E-state index is 0.0116. The third kappa shape index (κ3) is 3.43. The maximum Gasteiger partial charge on any atom is 0.348 e. The molecule has 0 bridgehead atoms. The Labute approximate surface area is 151 Å². The highest BCUT2D eigenvalue weighted by atomic mass is 35.5. The molecule has 2 heterocycles. The fourth-order valence-electron chi connectivity index (χ4n) is 2.51. The summed E-state index contributed by atoms with van der Waals surface area (Å²) in [5, 5.41) is 0.395. The van der Waals surface area contributed by atoms with Crippen LogP contribution in [0.4, 0.5) is 4.39 Å². The molecule has 0 atom stereocenters. The lowest BCUT2D eigenvalue weighted by Crippen LogP contribution is -2.12. The second-order valence-electron chi connectivity index (χ2n) is 5.39. The van der Waals surface area contributed by atoms with Gasteiger partial charge >= 0.3 is 5.97 Å². The highest BCUT2D eigenvalue weighted by molar-refractivity contribution is 7.20. The van der Waals surface area contributed by atoms with Crippen molar-refractivity contribution in [1.82, 2.24) is 9.97 Å². The molecule has 3 rings (SSSR count). The average molecular weight is 381 g/mol. The number of benzene rings is 1. The van der Waals surface area contributed by atoms with Crippen LogP contribution >= 0.6 is 22.9 Å². The van der Waals surface area contributed by atoms with Gasteiger partial charge in [-0.2, -0.15) is 0 Å². The van der Waals surface area contributed by atoms with Crippen LogP contribution in [-0.4, -0.2) is 22.5 Å². The van der Waals surface area contributed by atoms with E-state index in [1.165, 1.54) is 12.1 Å². The predicted molar refractivity (Wildman–Crippen MR) is 95.2 cm³/mol. The van der Waals surface area contributed by atoms with Crippen LogP contribution in [-0.2, 0) is 11.2 Å². The lowest BCUT2D eigenvalue weighted by atomic mass is 10.1. The van der Waals surface area contributed by atoms with E-state index in [2.05, 4.69) is 9.97 Å². The standard InChI is InChI=1S/C17H14ClFN2O3S/c1-3-24-17(23)14-8(2)13-15(22)20-12(21-16(13)25-14)7-9-4-5-11(19)10(18)6-9/h4-6H,3,7H2,1-2H3,(H,20,21,22). The van der Waals surface area contributed by atoms with Gasteiger partial charge in [0.15, 0.2) is 0 Å². The number of hydrogen-bond donors (Lipinski definition) is 1. The van der Waals surface area contributed by atoms with Crippen molar-refractivity contribution in [2.45, 2.75) is 20.3 Å². The molecule has 130 valence electrons. The number of ether oxygens (including phenoxy) is 1. The van der Waals surface area contributed by atoms with Gasteiger partial charge in [-0.05, 0) is 37.1 Å². The van der Waals surface area contributed by atoms with E-state index in [0.29, 0.717) is 32.0 Å². The Bertz CT molecular complexity index is 1030. The van der Waals surface area contributed by atoms with Gasteiger partial charge in [-0.3, -0.25) is 4.79 Å². The minimum atomic E-state index is -0.504. The first-order valence-electron chi connectivity index (χ1n) is 7.54. The highest BCUT2D eigenvalue weighted by Crippen LogP contribution is 2.28. The SMILES string of the molecule is CCOC(=O)c1sc2nc(Cc3ccc(F)c(Cl)c3)[nH]c(=O)c2c1C. The van der Waals surface area contributed by atoms with Gasteiger partial charge in [0, 0.05) is 6.42 Å². The molecule has 0 aliphatic carbocycles. The van der Waals surface area contributed by atoms with E-state index in [9.17, 15) is 14.0 Å². The van der Waals surface area contributed by atoms with Crippen LogP contribution in [0.25, 0.3) is 10.2 Å². The van der Waals surface area contributed by atoms with Crippen LogP contribution in [0.5, 0.6) is 0 Å². The summed E-state index contributed by atoms with van der Waals surface area (Å²) >= 11 is 6.90. The topological polar surface area (TPSA) is 72.0 Å². The molecular formula is C17H14ClFN2O3S. The zero-order chi connectivity index (χ0) is 18.1. The number of nitrogens with one attached hydrogen (secondary N) is 1. The van der Waals surface area contributed by atoms with Crippen LogP contribution in [0.3, 0.4) is 0 Å². The van der Waals surface area contributed by atoms with E-state index in [0.717, 1.165) is 11.3 Å². The molecule has 0 aliphatic heterocycles. The third-order valence-corrected chi connectivity index (χ3v) is 5.12. The monoisotopic (exact) mass is 380 g/mol. The van der Waals surface area contributed by atoms with Crippen LogP contribution in [0, 0.1) is 12.7 Å². The van der Waals surface area contributed by atoms with E-state index < -0.39 is 11.8 Å². The molecule has 0 fully saturated rings. The molecule has 0 saturated heterocycles. The second-order valence-corrected chi connectivity index (χ2v) is 6.80. The Morgan fingerprint density at radius 1 is 1.44 bits per heavy atom. The first kappa shape index (κ1) is 17.6. The van der Waals surface area contributed by atoms with Crippen molar-refractivity contribution in [2.75, 3.05) is 6.61 Å². The summed E-state index contributed by atoms with van der Waals surface area (Å²) in [7, 11) is 0. The Morgan fingerprint density at radius 2 is 2.20 bits per heavy atom. The average Bonchev–Trinajstić information content (AvgIpc) is 2.88. The molecule has 25 heavy (non-hydrogen) atoms. The second kappa shape index (κ2) is 6.93. The van der Waals surface area contributed by atoms with Gasteiger partial charge in [0.2, 0.25) is 0 Å². The highest BCUT2D eigenvalue weighted by Gasteiger charge is 2.20. The molecule has 0 aliphatic rings. The molecular weight excluding hydrogens is 367 g/mol. The van der Waals surface area contributed by atoms with Crippen LogP contribution in [0.2, 0.25) is 5.02 Å². The number of rotatable bonds is 4. The molecule has 0 unspecified atom stereocenters. The zero-order valence-electron chi connectivity index (χ0n) is 13.5. The number of aromatic amines is 1. The van der Waals surface area contributed by atoms with Gasteiger partial charge in [0.1, 0.15) is 21.3 Å². The number of esters is 1. The molecule has 1 aromatic carbocycles. The van der Waals surface area contributed by atoms with E-state index in [-0.39, 0.29) is 23.6 Å². The van der Waals surface area contributed by atoms with Crippen molar-refractivity contribution < 1.29 is 13.9 Å². The zero-order valence-corrected chi connectivity index (χ0v) is 15.1. The molecule has 2 aromatic heterocycles. The van der Waals surface area contributed by atoms with Crippen molar-refractivity contribution in [3.8, 4) is 0 Å². The smallest absolute Gasteiger partial charge is 0.348 e. The number of carbonyl (C=O) groups excluding carboxylic acids is 1. The molecule has 0 amide bonds. The van der Waals surface area contributed by atoms with Crippen molar-refractivity contribution in [3.05, 3.63) is 61.2 Å². The maximum atomic E-state index is 13.2. The number of halogens is 2. The van der Waals surface area contributed by atoms with Crippen molar-refractivity contribution in [3.63, 3.8) is 0 Å². The summed E-state index contributed by atoms with van der Waals surface area (Å²) in [5.41, 5.74) is 0.953. The Kier molecular flexibility index (Phi) is 4.87. The van der Waals surface area contributed by atoms with Gasteiger partial charge in [-0.15, -0.1) is 11.3 Å². The summed E-state index contributed by atoms with van der Waals surface area (Å²) in [5.74, 6) is -0.554. The van der Waals surface area contributed by atoms with Crippen LogP contribution in [0.15, 0.2) is 23.0 Å². The molecule has 5 nitrogen and oxygen atoms in total. The number of hydrogen-bond acceptors (Lipinski definition) is 5. The summed E-state index contributed by atoms with van der Waals surface area (Å²) < 4.78 is 18.3. The van der Waals surface area contributed by atoms with E-state index >= 15 is 0 Å². The molecule has 3 aromatic rings. The van der Waals surface area contributed by atoms with Crippen molar-refractivity contribution in [1.29, 1.82) is 0 Å². The Hall–Kier alpha value is -2.25. The van der Waals surface area contributed by atoms with Gasteiger partial charge in [-0.1, -0.05) is 17.7 Å². The van der Waals surface area contributed by atoms with E-state index in [1.807, 2.05) is 0 Å². The number of H-pyrrole nitrogens is 1. The van der Waals surface area contributed by atoms with Gasteiger partial charge < -0.3 is 9.72 Å². The lowest BCUT2D eigenvalue weighted by molar-refractivity contribution is 0.0531. The van der Waals surface area contributed by atoms with Crippen LogP contribution in [0.1, 0.15) is 33.5 Å². The quantitative estimate of drug-likeness (QED) is 0.698. The number of aromatic nitrogens is 2. The Balaban J connectivity index is 2.02. The Morgan fingerprint density at radius 3 is 2.88 bits per heavy atom. The minimum Gasteiger partial charge on any atom is -0.462 e. The van der Waals surface area contributed by atoms with Crippen molar-refractivity contribution >= 4 is 39.1 Å². The normalized spacial score (nSPS) is 11.0. The van der Waals surface area contributed by atoms with E-state index in [1.54, 1.807) is 19.9 Å². The molecule has 0 saturated carbocycles. The summed E-state index contributed by atoms with van der Waals surface area (Å²) in [4.78, 5) is 32.4. The molecule has 8 heteroatoms.